The molecular weight excluding hydrogens is 458 g/mol. The third-order valence-electron chi connectivity index (χ3n) is 4.76. The van der Waals surface area contributed by atoms with Crippen molar-refractivity contribution in [1.82, 2.24) is 19.3 Å². The summed E-state index contributed by atoms with van der Waals surface area (Å²) < 4.78 is 29.1. The van der Waals surface area contributed by atoms with Crippen molar-refractivity contribution in [3.05, 3.63) is 63.2 Å². The fourth-order valence-corrected chi connectivity index (χ4v) is 4.46. The fraction of sp³-hybridized carbons (Fsp3) is 0.105. The maximum atomic E-state index is 12.6. The summed E-state index contributed by atoms with van der Waals surface area (Å²) in [6.07, 6.45) is 0. The van der Waals surface area contributed by atoms with Gasteiger partial charge in [0.05, 0.1) is 20.9 Å². The number of nitrogens with one attached hydrogen (secondary N) is 1. The van der Waals surface area contributed by atoms with Gasteiger partial charge in [-0.2, -0.15) is 5.26 Å². The minimum atomic E-state index is -4.07. The van der Waals surface area contributed by atoms with E-state index in [9.17, 15) is 23.8 Å². The fourth-order valence-electron chi connectivity index (χ4n) is 3.23. The summed E-state index contributed by atoms with van der Waals surface area (Å²) in [4.78, 5) is 19.0. The van der Waals surface area contributed by atoms with Gasteiger partial charge < -0.3 is 10.3 Å². The lowest BCUT2D eigenvalue weighted by atomic mass is 10.2. The smallest absolute Gasteiger partial charge is 0.289 e. The van der Waals surface area contributed by atoms with Crippen molar-refractivity contribution in [3.63, 3.8) is 0 Å². The third kappa shape index (κ3) is 3.69. The number of nitrogens with two attached hydrogens (primary N) is 1. The predicted molar refractivity (Wildman–Crippen MR) is 117 cm³/mol. The zero-order valence-electron chi connectivity index (χ0n) is 16.2. The van der Waals surface area contributed by atoms with E-state index in [0.29, 0.717) is 22.2 Å². The van der Waals surface area contributed by atoms with Gasteiger partial charge in [0, 0.05) is 19.2 Å². The molecular formula is C19H14ClN7O4S. The second-order valence-corrected chi connectivity index (χ2v) is 8.85. The molecule has 32 heavy (non-hydrogen) atoms. The van der Waals surface area contributed by atoms with E-state index in [4.69, 9.17) is 17.3 Å². The van der Waals surface area contributed by atoms with E-state index in [1.54, 1.807) is 24.3 Å². The number of para-hydroxylation sites is 2. The predicted octanol–water partition coefficient (Wildman–Crippen LogP) is 2.58. The Kier molecular flexibility index (Phi) is 5.39. The van der Waals surface area contributed by atoms with Crippen molar-refractivity contribution in [1.29, 1.82) is 5.26 Å². The SMILES string of the molecule is N#Cc1c(N)n(CCNS(=O)(=O)c2ccc(Cl)c([N+](=O)[O-])c2)c2nc3ccccc3nc12. The van der Waals surface area contributed by atoms with Crippen LogP contribution in [0.25, 0.3) is 22.2 Å². The van der Waals surface area contributed by atoms with Gasteiger partial charge in [0.1, 0.15) is 28.0 Å². The number of nitriles is 1. The molecule has 0 spiro atoms. The first-order valence-corrected chi connectivity index (χ1v) is 11.0. The molecule has 4 rings (SSSR count). The Morgan fingerprint density at radius 1 is 1.22 bits per heavy atom. The Labute approximate surface area is 186 Å². The van der Waals surface area contributed by atoms with Crippen LogP contribution in [0.3, 0.4) is 0 Å². The molecule has 0 fully saturated rings. The van der Waals surface area contributed by atoms with E-state index in [0.717, 1.165) is 12.1 Å². The molecule has 0 atom stereocenters. The molecule has 13 heteroatoms. The Bertz CT molecular complexity index is 1540. The van der Waals surface area contributed by atoms with Gasteiger partial charge in [0.25, 0.3) is 5.69 Å². The number of rotatable bonds is 6. The minimum absolute atomic E-state index is 0.0476. The van der Waals surface area contributed by atoms with Crippen molar-refractivity contribution >= 4 is 55.3 Å². The second kappa shape index (κ2) is 8.04. The van der Waals surface area contributed by atoms with Crippen molar-refractivity contribution in [2.24, 2.45) is 0 Å². The molecule has 2 aromatic carbocycles. The topological polar surface area (TPSA) is 170 Å². The number of benzene rings is 2. The Morgan fingerprint density at radius 2 is 1.91 bits per heavy atom. The van der Waals surface area contributed by atoms with Crippen LogP contribution in [0.5, 0.6) is 0 Å². The van der Waals surface area contributed by atoms with Crippen LogP contribution in [-0.2, 0) is 16.6 Å². The molecule has 0 bridgehead atoms. The Hall–Kier alpha value is -3.79. The molecule has 0 aliphatic rings. The zero-order chi connectivity index (χ0) is 23.0. The van der Waals surface area contributed by atoms with Gasteiger partial charge in [-0.1, -0.05) is 23.7 Å². The summed E-state index contributed by atoms with van der Waals surface area (Å²) in [5, 5.41) is 20.4. The van der Waals surface area contributed by atoms with E-state index < -0.39 is 20.6 Å². The molecule has 3 N–H and O–H groups in total. The van der Waals surface area contributed by atoms with Gasteiger partial charge in [-0.15, -0.1) is 0 Å². The lowest BCUT2D eigenvalue weighted by molar-refractivity contribution is -0.384. The van der Waals surface area contributed by atoms with Crippen LogP contribution in [0.2, 0.25) is 5.02 Å². The quantitative estimate of drug-likeness (QED) is 0.319. The summed E-state index contributed by atoms with van der Waals surface area (Å²) in [6.45, 7) is -0.0714. The number of hydrogen-bond acceptors (Lipinski definition) is 8. The maximum absolute atomic E-state index is 12.6. The third-order valence-corrected chi connectivity index (χ3v) is 6.53. The summed E-state index contributed by atoms with van der Waals surface area (Å²) in [5.74, 6) is 0.110. The first kappa shape index (κ1) is 21.4. The molecule has 0 aliphatic heterocycles. The van der Waals surface area contributed by atoms with Crippen LogP contribution in [0.1, 0.15) is 5.56 Å². The van der Waals surface area contributed by atoms with E-state index >= 15 is 0 Å². The molecule has 162 valence electrons. The molecule has 0 aliphatic carbocycles. The molecule has 0 amide bonds. The number of fused-ring (bicyclic) bond motifs is 2. The van der Waals surface area contributed by atoms with Gasteiger partial charge in [-0.3, -0.25) is 10.1 Å². The average molecular weight is 472 g/mol. The number of halogens is 1. The molecule has 11 nitrogen and oxygen atoms in total. The van der Waals surface area contributed by atoms with Gasteiger partial charge in [0.2, 0.25) is 10.0 Å². The van der Waals surface area contributed by atoms with E-state index in [-0.39, 0.29) is 34.4 Å². The lowest BCUT2D eigenvalue weighted by Gasteiger charge is -2.10. The standard InChI is InChI=1S/C19H14ClN7O4S/c20-13-6-5-11(9-16(13)27(28)29)32(30,31)23-7-8-26-18(22)12(10-21)17-19(26)25-15-4-2-1-3-14(15)24-17/h1-6,9,23H,7-8,22H2. The number of hydrogen-bond donors (Lipinski definition) is 2. The Balaban J connectivity index is 1.64. The minimum Gasteiger partial charge on any atom is -0.384 e. The molecule has 0 radical (unpaired) electrons. The maximum Gasteiger partial charge on any atom is 0.289 e. The molecule has 0 unspecified atom stereocenters. The molecule has 4 aromatic rings. The van der Waals surface area contributed by atoms with E-state index in [1.807, 2.05) is 6.07 Å². The van der Waals surface area contributed by atoms with Gasteiger partial charge in [-0.25, -0.2) is 23.1 Å². The molecule has 0 saturated heterocycles. The van der Waals surface area contributed by atoms with Crippen LogP contribution in [-0.4, -0.2) is 34.4 Å². The highest BCUT2D eigenvalue weighted by molar-refractivity contribution is 7.89. The van der Waals surface area contributed by atoms with Crippen LogP contribution in [0.15, 0.2) is 47.4 Å². The largest absolute Gasteiger partial charge is 0.384 e. The Morgan fingerprint density at radius 3 is 2.56 bits per heavy atom. The highest BCUT2D eigenvalue weighted by Crippen LogP contribution is 2.28. The average Bonchev–Trinajstić information content (AvgIpc) is 3.01. The number of nitro benzene ring substituents is 1. The first-order valence-electron chi connectivity index (χ1n) is 9.11. The van der Waals surface area contributed by atoms with Gasteiger partial charge >= 0.3 is 0 Å². The van der Waals surface area contributed by atoms with Crippen LogP contribution < -0.4 is 10.5 Å². The summed E-state index contributed by atoms with van der Waals surface area (Å²) in [7, 11) is -4.07. The van der Waals surface area contributed by atoms with Crippen molar-refractivity contribution in [2.75, 3.05) is 12.3 Å². The van der Waals surface area contributed by atoms with Crippen molar-refractivity contribution in [2.45, 2.75) is 11.4 Å². The highest BCUT2D eigenvalue weighted by Gasteiger charge is 2.22. The highest BCUT2D eigenvalue weighted by atomic mass is 35.5. The number of aromatic nitrogens is 3. The number of sulfonamides is 1. The number of nitro groups is 1. The zero-order valence-corrected chi connectivity index (χ0v) is 17.8. The molecule has 2 heterocycles. The summed E-state index contributed by atoms with van der Waals surface area (Å²) in [6, 6.07) is 12.3. The van der Waals surface area contributed by atoms with Crippen LogP contribution >= 0.6 is 11.6 Å². The summed E-state index contributed by atoms with van der Waals surface area (Å²) in [5.41, 5.74) is 7.60. The first-order chi connectivity index (χ1) is 15.2. The van der Waals surface area contributed by atoms with Crippen molar-refractivity contribution in [3.8, 4) is 6.07 Å². The summed E-state index contributed by atoms with van der Waals surface area (Å²) >= 11 is 5.74. The number of anilines is 1. The lowest BCUT2D eigenvalue weighted by Crippen LogP contribution is -2.28. The van der Waals surface area contributed by atoms with Gasteiger partial charge in [0.15, 0.2) is 5.65 Å². The van der Waals surface area contributed by atoms with Crippen LogP contribution in [0, 0.1) is 21.4 Å². The van der Waals surface area contributed by atoms with Crippen molar-refractivity contribution < 1.29 is 13.3 Å². The van der Waals surface area contributed by atoms with Crippen LogP contribution in [0.4, 0.5) is 11.5 Å². The second-order valence-electron chi connectivity index (χ2n) is 6.68. The van der Waals surface area contributed by atoms with E-state index in [2.05, 4.69) is 14.7 Å². The normalized spacial score (nSPS) is 11.6. The number of nitrogen functional groups attached to an aromatic ring is 1. The molecule has 0 saturated carbocycles. The molecule has 2 aromatic heterocycles. The van der Waals surface area contributed by atoms with E-state index in [1.165, 1.54) is 10.6 Å². The monoisotopic (exact) mass is 471 g/mol. The van der Waals surface area contributed by atoms with Gasteiger partial charge in [-0.05, 0) is 24.3 Å². The number of nitrogens with zero attached hydrogens (tertiary/aromatic N) is 5.